The van der Waals surface area contributed by atoms with Crippen LogP contribution in [0.1, 0.15) is 35.7 Å². The number of likely N-dealkylation sites (tertiary alicyclic amines) is 1. The summed E-state index contributed by atoms with van der Waals surface area (Å²) in [6, 6.07) is 16.7. The molecule has 178 valence electrons. The van der Waals surface area contributed by atoms with E-state index in [1.807, 2.05) is 42.5 Å². The molecule has 0 spiro atoms. The first kappa shape index (κ1) is 23.5. The molecule has 0 bridgehead atoms. The van der Waals surface area contributed by atoms with Gasteiger partial charge in [-0.3, -0.25) is 9.69 Å². The summed E-state index contributed by atoms with van der Waals surface area (Å²) in [6.45, 7) is 4.12. The lowest BCUT2D eigenvalue weighted by Crippen LogP contribution is -2.21. The van der Waals surface area contributed by atoms with Crippen LogP contribution in [0.4, 0.5) is 11.5 Å². The summed E-state index contributed by atoms with van der Waals surface area (Å²) in [7, 11) is 0. The maximum atomic E-state index is 13.0. The minimum Gasteiger partial charge on any atom is -0.505 e. The van der Waals surface area contributed by atoms with E-state index in [9.17, 15) is 9.90 Å². The molecule has 0 atom stereocenters. The second kappa shape index (κ2) is 9.82. The van der Waals surface area contributed by atoms with Crippen LogP contribution in [0.2, 0.25) is 10.0 Å². The lowest BCUT2D eigenvalue weighted by Gasteiger charge is -2.21. The van der Waals surface area contributed by atoms with E-state index in [4.69, 9.17) is 33.2 Å². The number of hydrogen-bond donors (Lipinski definition) is 2. The van der Waals surface area contributed by atoms with Crippen LogP contribution in [0.5, 0.6) is 5.75 Å². The molecule has 1 aliphatic heterocycles. The van der Waals surface area contributed by atoms with Gasteiger partial charge in [0.1, 0.15) is 5.82 Å². The maximum absolute atomic E-state index is 13.0. The second-order valence-electron chi connectivity index (χ2n) is 8.70. The Labute approximate surface area is 213 Å². The van der Waals surface area contributed by atoms with Crippen LogP contribution in [0.25, 0.3) is 22.3 Å². The molecule has 0 saturated carbocycles. The monoisotopic (exact) mass is 506 g/mol. The average molecular weight is 507 g/mol. The highest BCUT2D eigenvalue weighted by Crippen LogP contribution is 2.37. The predicted octanol–water partition coefficient (Wildman–Crippen LogP) is 6.85. The van der Waals surface area contributed by atoms with Crippen molar-refractivity contribution in [3.63, 3.8) is 0 Å². The Kier molecular flexibility index (Phi) is 6.60. The fraction of sp³-hybridized carbons (Fsp3) is 0.222. The van der Waals surface area contributed by atoms with Crippen LogP contribution in [0.15, 0.2) is 54.6 Å². The quantitative estimate of drug-likeness (QED) is 0.278. The van der Waals surface area contributed by atoms with Crippen molar-refractivity contribution in [2.75, 3.05) is 18.4 Å². The molecule has 1 saturated heterocycles. The lowest BCUT2D eigenvalue weighted by atomic mass is 10.0. The largest absolute Gasteiger partial charge is 0.505 e. The average Bonchev–Trinajstić information content (AvgIpc) is 3.35. The first-order chi connectivity index (χ1) is 16.9. The van der Waals surface area contributed by atoms with Gasteiger partial charge < -0.3 is 10.4 Å². The van der Waals surface area contributed by atoms with Crippen LogP contribution >= 0.6 is 23.2 Å². The summed E-state index contributed by atoms with van der Waals surface area (Å²) in [5.41, 5.74) is 4.89. The van der Waals surface area contributed by atoms with Crippen LogP contribution in [0.3, 0.4) is 0 Å². The van der Waals surface area contributed by atoms with Gasteiger partial charge in [-0.1, -0.05) is 41.4 Å². The molecule has 2 aromatic heterocycles. The van der Waals surface area contributed by atoms with Gasteiger partial charge in [-0.2, -0.15) is 0 Å². The minimum atomic E-state index is -0.162. The fourth-order valence-electron chi connectivity index (χ4n) is 4.52. The zero-order valence-corrected chi connectivity index (χ0v) is 20.7. The Bertz CT molecular complexity index is 1400. The molecule has 2 N–H and O–H groups in total. The number of carbonyl (C=O) groups excluding carboxylic acids is 1. The third-order valence-corrected chi connectivity index (χ3v) is 6.79. The number of nitrogens with one attached hydrogen (secondary N) is 1. The number of rotatable bonds is 6. The van der Waals surface area contributed by atoms with Crippen molar-refractivity contribution >= 4 is 51.5 Å². The zero-order valence-electron chi connectivity index (χ0n) is 19.2. The van der Waals surface area contributed by atoms with Gasteiger partial charge in [-0.15, -0.1) is 0 Å². The van der Waals surface area contributed by atoms with Crippen LogP contribution in [-0.2, 0) is 6.54 Å². The molecule has 3 heterocycles. The molecule has 0 amide bonds. The number of Topliss-reactive ketones (excluding diaryl/α,β-unsaturated/α-hetero) is 1. The highest BCUT2D eigenvalue weighted by molar-refractivity contribution is 6.37. The van der Waals surface area contributed by atoms with Crippen molar-refractivity contribution in [3.8, 4) is 17.0 Å². The van der Waals surface area contributed by atoms with Crippen molar-refractivity contribution < 1.29 is 9.90 Å². The molecule has 0 unspecified atom stereocenters. The maximum Gasteiger partial charge on any atom is 0.163 e. The summed E-state index contributed by atoms with van der Waals surface area (Å²) in [5.74, 6) is 0.287. The molecule has 35 heavy (non-hydrogen) atoms. The molecule has 8 heteroatoms. The standard InChI is InChI=1S/C27H24Cl2N4O2/c1-16(34)24-19(15-33-11-5-6-12-33)25-23(32-27(24)30-18-7-3-2-4-8-18)10-9-22(31-25)17-13-20(28)26(35)21(29)14-17/h2-4,7-10,13-14,35H,5-6,11-12,15H2,1H3,(H,30,32). The Hall–Kier alpha value is -3.19. The van der Waals surface area contributed by atoms with E-state index in [-0.39, 0.29) is 21.6 Å². The van der Waals surface area contributed by atoms with E-state index < -0.39 is 0 Å². The number of anilines is 2. The molecule has 6 nitrogen and oxygen atoms in total. The second-order valence-corrected chi connectivity index (χ2v) is 9.51. The third kappa shape index (κ3) is 4.82. The van der Waals surface area contributed by atoms with Gasteiger partial charge >= 0.3 is 0 Å². The first-order valence-electron chi connectivity index (χ1n) is 11.5. The van der Waals surface area contributed by atoms with Crippen LogP contribution < -0.4 is 5.32 Å². The summed E-state index contributed by atoms with van der Waals surface area (Å²) in [5, 5.41) is 13.6. The Morgan fingerprint density at radius 3 is 2.37 bits per heavy atom. The number of nitrogens with zero attached hydrogens (tertiary/aromatic N) is 3. The molecular formula is C27H24Cl2N4O2. The zero-order chi connectivity index (χ0) is 24.5. The summed E-state index contributed by atoms with van der Waals surface area (Å²) < 4.78 is 0. The molecule has 4 aromatic rings. The predicted molar refractivity (Wildman–Crippen MR) is 141 cm³/mol. The third-order valence-electron chi connectivity index (χ3n) is 6.21. The molecular weight excluding hydrogens is 483 g/mol. The number of pyridine rings is 2. The summed E-state index contributed by atoms with van der Waals surface area (Å²) in [6.07, 6.45) is 2.27. The number of halogens is 2. The van der Waals surface area contributed by atoms with Crippen molar-refractivity contribution in [3.05, 3.63) is 75.8 Å². The van der Waals surface area contributed by atoms with Crippen molar-refractivity contribution in [2.24, 2.45) is 0 Å². The normalized spacial score (nSPS) is 13.9. The van der Waals surface area contributed by atoms with Crippen molar-refractivity contribution in [1.82, 2.24) is 14.9 Å². The number of fused-ring (bicyclic) bond motifs is 1. The number of hydrogen-bond acceptors (Lipinski definition) is 6. The van der Waals surface area contributed by atoms with Gasteiger partial charge in [-0.05, 0) is 69.3 Å². The molecule has 5 rings (SSSR count). The molecule has 2 aromatic carbocycles. The Morgan fingerprint density at radius 2 is 1.71 bits per heavy atom. The minimum absolute atomic E-state index is 0.0741. The smallest absolute Gasteiger partial charge is 0.163 e. The highest BCUT2D eigenvalue weighted by Gasteiger charge is 2.24. The molecule has 1 aliphatic rings. The number of phenols is 1. The van der Waals surface area contributed by atoms with Gasteiger partial charge in [0.25, 0.3) is 0 Å². The van der Waals surface area contributed by atoms with E-state index in [0.717, 1.165) is 37.2 Å². The van der Waals surface area contributed by atoms with E-state index in [2.05, 4.69) is 10.2 Å². The van der Waals surface area contributed by atoms with Crippen LogP contribution in [-0.4, -0.2) is 38.8 Å². The number of phenolic OH excluding ortho intramolecular Hbond substituents is 1. The van der Waals surface area contributed by atoms with Gasteiger partial charge in [0.05, 0.1) is 32.3 Å². The molecule has 0 aliphatic carbocycles. The Morgan fingerprint density at radius 1 is 1.03 bits per heavy atom. The van der Waals surface area contributed by atoms with Gasteiger partial charge in [0.15, 0.2) is 11.5 Å². The highest BCUT2D eigenvalue weighted by atomic mass is 35.5. The van der Waals surface area contributed by atoms with Gasteiger partial charge in [0, 0.05) is 23.4 Å². The first-order valence-corrected chi connectivity index (χ1v) is 12.2. The van der Waals surface area contributed by atoms with Crippen LogP contribution in [0, 0.1) is 0 Å². The number of carbonyl (C=O) groups is 1. The fourth-order valence-corrected chi connectivity index (χ4v) is 5.01. The number of benzene rings is 2. The van der Waals surface area contributed by atoms with Crippen molar-refractivity contribution in [1.29, 1.82) is 0 Å². The molecule has 0 radical (unpaired) electrons. The van der Waals surface area contributed by atoms with E-state index >= 15 is 0 Å². The van der Waals surface area contributed by atoms with E-state index in [0.29, 0.717) is 40.2 Å². The lowest BCUT2D eigenvalue weighted by molar-refractivity contribution is 0.101. The molecule has 1 fully saturated rings. The topological polar surface area (TPSA) is 78.3 Å². The number of aromatic hydroxyl groups is 1. The number of para-hydroxylation sites is 1. The van der Waals surface area contributed by atoms with Crippen molar-refractivity contribution in [2.45, 2.75) is 26.3 Å². The van der Waals surface area contributed by atoms with E-state index in [1.54, 1.807) is 19.1 Å². The summed E-state index contributed by atoms with van der Waals surface area (Å²) in [4.78, 5) is 25.1. The SMILES string of the molecule is CC(=O)c1c(Nc2ccccc2)nc2ccc(-c3cc(Cl)c(O)c(Cl)c3)nc2c1CN1CCCC1. The summed E-state index contributed by atoms with van der Waals surface area (Å²) >= 11 is 12.3. The number of ketones is 1. The van der Waals surface area contributed by atoms with Gasteiger partial charge in [-0.25, -0.2) is 9.97 Å². The number of aromatic nitrogens is 2. The van der Waals surface area contributed by atoms with Gasteiger partial charge in [0.2, 0.25) is 0 Å². The van der Waals surface area contributed by atoms with E-state index in [1.165, 1.54) is 0 Å². The Balaban J connectivity index is 1.71.